The maximum atomic E-state index is 12.9. The fourth-order valence-electron chi connectivity index (χ4n) is 2.23. The Labute approximate surface area is 155 Å². The summed E-state index contributed by atoms with van der Waals surface area (Å²) in [7, 11) is 0. The lowest BCUT2D eigenvalue weighted by atomic mass is 10.1. The zero-order valence-corrected chi connectivity index (χ0v) is 15.1. The van der Waals surface area contributed by atoms with Gasteiger partial charge in [-0.2, -0.15) is 0 Å². The van der Waals surface area contributed by atoms with Crippen LogP contribution >= 0.6 is 23.4 Å². The molecule has 1 atom stereocenters. The number of anilines is 1. The van der Waals surface area contributed by atoms with Gasteiger partial charge in [0.2, 0.25) is 5.91 Å². The van der Waals surface area contributed by atoms with Crippen molar-refractivity contribution in [3.05, 3.63) is 83.1 Å². The van der Waals surface area contributed by atoms with E-state index in [1.54, 1.807) is 24.5 Å². The van der Waals surface area contributed by atoms with Crippen LogP contribution in [0.4, 0.5) is 5.69 Å². The number of carbonyl (C=O) groups is 1. The molecule has 4 nitrogen and oxygen atoms in total. The highest BCUT2D eigenvalue weighted by molar-refractivity contribution is 8.00. The molecular weight excluding hydrogens is 354 g/mol. The summed E-state index contributed by atoms with van der Waals surface area (Å²) in [6.07, 6.45) is 3.32. The molecule has 0 bridgehead atoms. The Morgan fingerprint density at radius 1 is 1.08 bits per heavy atom. The summed E-state index contributed by atoms with van der Waals surface area (Å²) in [6, 6.07) is 16.8. The van der Waals surface area contributed by atoms with Crippen LogP contribution < -0.4 is 5.32 Å². The van der Waals surface area contributed by atoms with E-state index in [1.807, 2.05) is 49.4 Å². The van der Waals surface area contributed by atoms with E-state index in [4.69, 9.17) is 11.6 Å². The predicted molar refractivity (Wildman–Crippen MR) is 102 cm³/mol. The zero-order valence-electron chi connectivity index (χ0n) is 13.5. The summed E-state index contributed by atoms with van der Waals surface area (Å²) in [5.74, 6) is -0.149. The molecule has 25 heavy (non-hydrogen) atoms. The number of thioether (sulfide) groups is 1. The normalized spacial score (nSPS) is 11.8. The van der Waals surface area contributed by atoms with Gasteiger partial charge in [0.15, 0.2) is 5.16 Å². The number of halogens is 1. The van der Waals surface area contributed by atoms with Gasteiger partial charge in [-0.1, -0.05) is 59.8 Å². The largest absolute Gasteiger partial charge is 0.325 e. The SMILES string of the molecule is Cc1ccc(NC(=O)[C@@H](Sc2ncccn2)c2ccccc2)cc1Cl. The number of hydrogen-bond donors (Lipinski definition) is 1. The number of carbonyl (C=O) groups excluding carboxylic acids is 1. The molecule has 126 valence electrons. The van der Waals surface area contributed by atoms with E-state index in [9.17, 15) is 4.79 Å². The molecule has 3 rings (SSSR count). The highest BCUT2D eigenvalue weighted by Crippen LogP contribution is 2.34. The predicted octanol–water partition coefficient (Wildman–Crippen LogP) is 4.91. The minimum absolute atomic E-state index is 0.149. The molecule has 0 fully saturated rings. The molecule has 1 aromatic heterocycles. The van der Waals surface area contributed by atoms with Crippen molar-refractivity contribution in [3.8, 4) is 0 Å². The van der Waals surface area contributed by atoms with Crippen LogP contribution in [0.3, 0.4) is 0 Å². The van der Waals surface area contributed by atoms with Crippen LogP contribution in [0.1, 0.15) is 16.4 Å². The third-order valence-electron chi connectivity index (χ3n) is 3.55. The Hall–Kier alpha value is -2.37. The first-order valence-electron chi connectivity index (χ1n) is 7.69. The maximum absolute atomic E-state index is 12.9. The standard InChI is InChI=1S/C19H16ClN3OS/c1-13-8-9-15(12-16(13)20)23-18(24)17(14-6-3-2-4-7-14)25-19-21-10-5-11-22-19/h2-12,17H,1H3,(H,23,24)/t17-/m0/s1. The molecule has 0 aliphatic carbocycles. The number of aryl methyl sites for hydroxylation is 1. The van der Waals surface area contributed by atoms with Gasteiger partial charge in [-0.25, -0.2) is 9.97 Å². The van der Waals surface area contributed by atoms with Gasteiger partial charge >= 0.3 is 0 Å². The van der Waals surface area contributed by atoms with Crippen molar-refractivity contribution in [3.63, 3.8) is 0 Å². The van der Waals surface area contributed by atoms with E-state index in [0.717, 1.165) is 11.1 Å². The third kappa shape index (κ3) is 4.59. The van der Waals surface area contributed by atoms with Gasteiger partial charge < -0.3 is 5.32 Å². The van der Waals surface area contributed by atoms with Crippen molar-refractivity contribution in [1.82, 2.24) is 9.97 Å². The van der Waals surface area contributed by atoms with Crippen LogP contribution in [0.5, 0.6) is 0 Å². The van der Waals surface area contributed by atoms with Gasteiger partial charge in [0.05, 0.1) is 0 Å². The number of nitrogens with one attached hydrogen (secondary N) is 1. The smallest absolute Gasteiger partial charge is 0.242 e. The van der Waals surface area contributed by atoms with Gasteiger partial charge in [0, 0.05) is 23.1 Å². The Balaban J connectivity index is 1.85. The molecule has 0 aliphatic heterocycles. The highest BCUT2D eigenvalue weighted by atomic mass is 35.5. The van der Waals surface area contributed by atoms with E-state index < -0.39 is 5.25 Å². The van der Waals surface area contributed by atoms with E-state index in [-0.39, 0.29) is 5.91 Å². The maximum Gasteiger partial charge on any atom is 0.242 e. The molecule has 0 unspecified atom stereocenters. The second kappa shape index (κ2) is 8.14. The summed E-state index contributed by atoms with van der Waals surface area (Å²) >= 11 is 7.46. The van der Waals surface area contributed by atoms with Crippen LogP contribution in [0.2, 0.25) is 5.02 Å². The fourth-order valence-corrected chi connectivity index (χ4v) is 3.32. The van der Waals surface area contributed by atoms with Crippen LogP contribution in [0.25, 0.3) is 0 Å². The molecule has 0 spiro atoms. The van der Waals surface area contributed by atoms with Crippen molar-refractivity contribution in [2.75, 3.05) is 5.32 Å². The van der Waals surface area contributed by atoms with Gasteiger partial charge in [0.1, 0.15) is 5.25 Å². The first-order valence-corrected chi connectivity index (χ1v) is 8.95. The number of nitrogens with zero attached hydrogens (tertiary/aromatic N) is 2. The summed E-state index contributed by atoms with van der Waals surface area (Å²) in [4.78, 5) is 21.3. The molecule has 0 radical (unpaired) electrons. The minimum atomic E-state index is -0.469. The second-order valence-corrected chi connectivity index (χ2v) is 6.87. The number of benzene rings is 2. The number of amides is 1. The van der Waals surface area contributed by atoms with E-state index in [0.29, 0.717) is 15.9 Å². The van der Waals surface area contributed by atoms with Crippen molar-refractivity contribution >= 4 is 35.0 Å². The summed E-state index contributed by atoms with van der Waals surface area (Å²) in [6.45, 7) is 1.92. The van der Waals surface area contributed by atoms with Crippen LogP contribution in [-0.4, -0.2) is 15.9 Å². The highest BCUT2D eigenvalue weighted by Gasteiger charge is 2.23. The number of hydrogen-bond acceptors (Lipinski definition) is 4. The zero-order chi connectivity index (χ0) is 17.6. The average molecular weight is 370 g/mol. The summed E-state index contributed by atoms with van der Waals surface area (Å²) in [5, 5.41) is 3.63. The van der Waals surface area contributed by atoms with Crippen molar-refractivity contribution in [2.45, 2.75) is 17.3 Å². The molecular formula is C19H16ClN3OS. The lowest BCUT2D eigenvalue weighted by molar-refractivity contribution is -0.115. The van der Waals surface area contributed by atoms with Gasteiger partial charge in [-0.05, 0) is 36.2 Å². The van der Waals surface area contributed by atoms with Crippen molar-refractivity contribution < 1.29 is 4.79 Å². The second-order valence-electron chi connectivity index (χ2n) is 5.39. The molecule has 1 heterocycles. The third-order valence-corrected chi connectivity index (χ3v) is 5.10. The monoisotopic (exact) mass is 369 g/mol. The van der Waals surface area contributed by atoms with Crippen molar-refractivity contribution in [1.29, 1.82) is 0 Å². The van der Waals surface area contributed by atoms with Crippen LogP contribution in [0, 0.1) is 6.92 Å². The summed E-state index contributed by atoms with van der Waals surface area (Å²) in [5.41, 5.74) is 2.51. The minimum Gasteiger partial charge on any atom is -0.325 e. The number of rotatable bonds is 5. The molecule has 0 aliphatic rings. The molecule has 0 saturated carbocycles. The van der Waals surface area contributed by atoms with Gasteiger partial charge in [-0.15, -0.1) is 0 Å². The summed E-state index contributed by atoms with van der Waals surface area (Å²) < 4.78 is 0. The molecule has 3 aromatic rings. The number of aromatic nitrogens is 2. The lowest BCUT2D eigenvalue weighted by Gasteiger charge is -2.16. The first-order chi connectivity index (χ1) is 12.1. The van der Waals surface area contributed by atoms with Gasteiger partial charge in [0.25, 0.3) is 0 Å². The fraction of sp³-hybridized carbons (Fsp3) is 0.105. The lowest BCUT2D eigenvalue weighted by Crippen LogP contribution is -2.19. The van der Waals surface area contributed by atoms with Crippen LogP contribution in [-0.2, 0) is 4.79 Å². The van der Waals surface area contributed by atoms with E-state index in [2.05, 4.69) is 15.3 Å². The van der Waals surface area contributed by atoms with Gasteiger partial charge in [-0.3, -0.25) is 4.79 Å². The topological polar surface area (TPSA) is 54.9 Å². The Morgan fingerprint density at radius 3 is 2.48 bits per heavy atom. The molecule has 2 aromatic carbocycles. The Bertz CT molecular complexity index is 859. The van der Waals surface area contributed by atoms with E-state index in [1.165, 1.54) is 11.8 Å². The van der Waals surface area contributed by atoms with Crippen LogP contribution in [0.15, 0.2) is 72.1 Å². The Morgan fingerprint density at radius 2 is 1.80 bits per heavy atom. The molecule has 1 N–H and O–H groups in total. The Kier molecular flexibility index (Phi) is 5.68. The molecule has 0 saturated heterocycles. The van der Waals surface area contributed by atoms with Crippen molar-refractivity contribution in [2.24, 2.45) is 0 Å². The molecule has 6 heteroatoms. The quantitative estimate of drug-likeness (QED) is 0.512. The average Bonchev–Trinajstić information content (AvgIpc) is 2.64. The molecule has 1 amide bonds. The first kappa shape index (κ1) is 17.5. The van der Waals surface area contributed by atoms with E-state index >= 15 is 0 Å².